The minimum Gasteiger partial charge on any atom is -0.458 e. The van der Waals surface area contributed by atoms with Gasteiger partial charge in [0.2, 0.25) is 52.7 Å². The van der Waals surface area contributed by atoms with Crippen molar-refractivity contribution in [3.05, 3.63) is 44.6 Å². The molecule has 4 saturated heterocycles. The van der Waals surface area contributed by atoms with Gasteiger partial charge in [-0.3, -0.25) is 57.5 Å². The quantitative estimate of drug-likeness (QED) is 0.0728. The van der Waals surface area contributed by atoms with Gasteiger partial charge in [0.15, 0.2) is 23.2 Å². The van der Waals surface area contributed by atoms with Crippen LogP contribution in [0.2, 0.25) is 0 Å². The Balaban J connectivity index is 1.34. The summed E-state index contributed by atoms with van der Waals surface area (Å²) in [6.45, 7) is 15.5. The summed E-state index contributed by atoms with van der Waals surface area (Å²) < 4.78 is 17.9. The number of nitrogen functional groups attached to an aromatic ring is 1. The maximum absolute atomic E-state index is 15.2. The number of anilines is 1. The van der Waals surface area contributed by atoms with E-state index in [0.29, 0.717) is 5.56 Å². The number of fused-ring (bicyclic) bond motifs is 4. The summed E-state index contributed by atoms with van der Waals surface area (Å²) in [5.41, 5.74) is 2.69. The zero-order chi connectivity index (χ0) is 69.6. The number of benzene rings is 2. The number of nitrogens with zero attached hydrogens (tertiary/aromatic N) is 7. The topological polar surface area (TPSA) is 418 Å². The summed E-state index contributed by atoms with van der Waals surface area (Å²) in [7, 11) is 5.11. The van der Waals surface area contributed by atoms with Crippen LogP contribution in [0.1, 0.15) is 114 Å². The van der Waals surface area contributed by atoms with Gasteiger partial charge in [0.1, 0.15) is 65.6 Å². The molecule has 506 valence electrons. The number of esters is 2. The lowest BCUT2D eigenvalue weighted by Gasteiger charge is -2.37. The highest BCUT2D eigenvalue weighted by atomic mass is 16.6. The number of amides is 10. The maximum atomic E-state index is 15.2. The van der Waals surface area contributed by atoms with E-state index in [-0.39, 0.29) is 34.4 Å². The number of aliphatic hydroxyl groups is 2. The molecule has 10 amide bonds. The van der Waals surface area contributed by atoms with E-state index in [9.17, 15) is 67.7 Å². The fourth-order valence-corrected chi connectivity index (χ4v) is 12.2. The first-order valence-corrected chi connectivity index (χ1v) is 30.6. The van der Waals surface area contributed by atoms with Crippen molar-refractivity contribution in [2.24, 2.45) is 17.8 Å². The third kappa shape index (κ3) is 13.8. The number of carbonyl (C=O) groups excluding carboxylic acids is 13. The van der Waals surface area contributed by atoms with Crippen LogP contribution < -0.4 is 32.4 Å². The number of aliphatic hydroxyl groups excluding tert-OH is 2. The predicted octanol–water partition coefficient (Wildman–Crippen LogP) is -2.01. The van der Waals surface area contributed by atoms with E-state index in [1.807, 2.05) is 0 Å². The third-order valence-electron chi connectivity index (χ3n) is 17.9. The second-order valence-electron chi connectivity index (χ2n) is 25.6. The van der Waals surface area contributed by atoms with Crippen molar-refractivity contribution in [2.45, 2.75) is 175 Å². The average Bonchev–Trinajstić information content (AvgIpc) is 1.38. The number of cyclic esters (lactones) is 2. The number of aryl methyl sites for hydroxylation is 1. The number of hydrogen-bond donors (Lipinski definition) is 7. The van der Waals surface area contributed by atoms with Crippen LogP contribution in [0.15, 0.2) is 21.3 Å². The lowest BCUT2D eigenvalue weighted by Crippen LogP contribution is -2.63. The van der Waals surface area contributed by atoms with Gasteiger partial charge in [0, 0.05) is 46.2 Å². The van der Waals surface area contributed by atoms with Crippen molar-refractivity contribution in [3.8, 4) is 11.5 Å². The average molecular weight is 1300 g/mol. The minimum absolute atomic E-state index is 0.0748. The van der Waals surface area contributed by atoms with E-state index in [2.05, 4.69) is 21.3 Å². The number of ketones is 1. The first kappa shape index (κ1) is 71.3. The Morgan fingerprint density at radius 1 is 0.699 bits per heavy atom. The van der Waals surface area contributed by atoms with Crippen LogP contribution in [-0.2, 0) is 62.2 Å². The first-order chi connectivity index (χ1) is 43.4. The molecule has 13 atom stereocenters. The number of aromatic nitrogens is 1. The monoisotopic (exact) mass is 1300 g/mol. The van der Waals surface area contributed by atoms with Crippen LogP contribution in [0.4, 0.5) is 5.69 Å². The van der Waals surface area contributed by atoms with Crippen molar-refractivity contribution in [2.75, 3.05) is 53.6 Å². The van der Waals surface area contributed by atoms with E-state index >= 15 is 9.59 Å². The zero-order valence-electron chi connectivity index (χ0n) is 55.0. The molecule has 7 rings (SSSR count). The second kappa shape index (κ2) is 28.0. The van der Waals surface area contributed by atoms with E-state index in [1.54, 1.807) is 55.4 Å². The number of ether oxygens (including phenoxy) is 2. The van der Waals surface area contributed by atoms with Gasteiger partial charge in [-0.1, -0.05) is 47.6 Å². The molecule has 31 nitrogen and oxygen atoms in total. The number of likely N-dealkylation sites (N-methyl/N-ethyl adjacent to an activating group) is 4. The summed E-state index contributed by atoms with van der Waals surface area (Å²) in [4.78, 5) is 212. The van der Waals surface area contributed by atoms with Gasteiger partial charge < -0.3 is 80.5 Å². The Morgan fingerprint density at radius 2 is 1.25 bits per heavy atom. The fraction of sp³-hybridized carbons (Fsp3) is 0.597. The molecule has 0 saturated carbocycles. The second-order valence-corrected chi connectivity index (χ2v) is 25.6. The largest absolute Gasteiger partial charge is 0.458 e. The summed E-state index contributed by atoms with van der Waals surface area (Å²) in [5, 5.41) is 32.4. The van der Waals surface area contributed by atoms with E-state index in [0.717, 1.165) is 29.4 Å². The van der Waals surface area contributed by atoms with Gasteiger partial charge >= 0.3 is 11.9 Å². The number of rotatable bonds is 8. The maximum Gasteiger partial charge on any atom is 0.329 e. The highest BCUT2D eigenvalue weighted by molar-refractivity contribution is 6.11. The van der Waals surface area contributed by atoms with Gasteiger partial charge in [0.25, 0.3) is 11.8 Å². The van der Waals surface area contributed by atoms with Crippen molar-refractivity contribution in [1.29, 1.82) is 0 Å². The molecule has 31 heteroatoms. The van der Waals surface area contributed by atoms with Gasteiger partial charge in [0.05, 0.1) is 48.7 Å². The van der Waals surface area contributed by atoms with Crippen LogP contribution in [0, 0.1) is 31.6 Å². The number of carbonyl (C=O) groups is 13. The third-order valence-corrected chi connectivity index (χ3v) is 17.9. The summed E-state index contributed by atoms with van der Waals surface area (Å²) in [5.74, 6) is -14.9. The number of hydrogen-bond acceptors (Lipinski definition) is 21. The van der Waals surface area contributed by atoms with Gasteiger partial charge in [-0.2, -0.15) is 0 Å². The Morgan fingerprint density at radius 3 is 1.82 bits per heavy atom. The molecule has 0 aromatic heterocycles. The van der Waals surface area contributed by atoms with E-state index in [4.69, 9.17) is 24.6 Å². The van der Waals surface area contributed by atoms with Crippen LogP contribution in [-0.4, -0.2) is 248 Å². The Hall–Kier alpha value is -9.13. The minimum atomic E-state index is -2.19. The lowest BCUT2D eigenvalue weighted by molar-refractivity contribution is -0.163. The predicted molar refractivity (Wildman–Crippen MR) is 329 cm³/mol. The van der Waals surface area contributed by atoms with E-state index < -0.39 is 222 Å². The molecule has 1 aliphatic carbocycles. The van der Waals surface area contributed by atoms with Crippen molar-refractivity contribution in [3.63, 3.8) is 0 Å². The number of nitrogens with two attached hydrogens (primary N) is 1. The standard InChI is InChI=1S/C62H84N12O19/c1-24(2)42-58(86)73-28(8)19-36(77)49(73)60(88)70(14)21-38(78)71(15)31(11)61(89)92-37(23-75)46(56(84)66-42)68-54(82)40-41(63)50(80)29(9)52-47(40)64-45-33(18-17-27(7)51(45)93-52)53(81)67-44-32(12)91-62(90)48(26(5)6)72(16)39(79)22-69(13)57(85)34-20-35(76)30(10)74(34)59(87)43(25(3)4)65-55(44)83/h17-18,24-26,28,30-32,34,36-37,42-44,46,48-49,75,77H,19-23,63H2,1-16H3,(H,65,83)(H,66,84)(H,67,81)(H,68,82). The van der Waals surface area contributed by atoms with Crippen LogP contribution in [0.3, 0.4) is 0 Å². The highest BCUT2D eigenvalue weighted by Crippen LogP contribution is 2.36. The molecule has 0 radical (unpaired) electrons. The Kier molecular flexibility index (Phi) is 21.5. The smallest absolute Gasteiger partial charge is 0.329 e. The number of nitrogens with one attached hydrogen (secondary N) is 4. The van der Waals surface area contributed by atoms with Crippen LogP contribution in [0.5, 0.6) is 0 Å². The van der Waals surface area contributed by atoms with Crippen LogP contribution in [0.25, 0.3) is 22.6 Å². The fourth-order valence-electron chi connectivity index (χ4n) is 12.2. The molecule has 0 spiro atoms. The molecule has 0 bridgehead atoms. The Labute approximate surface area is 536 Å². The zero-order valence-corrected chi connectivity index (χ0v) is 55.0. The van der Waals surface area contributed by atoms with Gasteiger partial charge in [-0.25, -0.2) is 14.6 Å². The summed E-state index contributed by atoms with van der Waals surface area (Å²) in [6, 6.07) is -12.1. The molecule has 1 aromatic rings. The first-order valence-electron chi connectivity index (χ1n) is 30.6. The molecular formula is C62H84N12O19. The van der Waals surface area contributed by atoms with Gasteiger partial charge in [-0.15, -0.1) is 0 Å². The van der Waals surface area contributed by atoms with E-state index in [1.165, 1.54) is 68.0 Å². The molecule has 6 aliphatic rings. The normalized spacial score (nSPS) is 28.1. The van der Waals surface area contributed by atoms with Crippen molar-refractivity contribution >= 4 is 93.6 Å². The Bertz CT molecular complexity index is 3590. The lowest BCUT2D eigenvalue weighted by atomic mass is 9.98. The SMILES string of the molecule is Cc1c2oc3c(C)ccc(C(=O)NC4C(=O)NC(C(C)C)C(=O)N5C(C)C(=O)CC5C(=O)N(C)CC(=O)N(C)C(C(C)C)C(=O)OC4C)c3nc-2c(C(=O)NC2C(=O)NC(C(C)C)C(=O)N3C(C)CC(O)C3C(=O)N(C)CC(=O)N(C)C(C)C(=O)OC2CO)c(N)c1=O. The molecule has 8 N–H and O–H groups in total. The molecule has 13 unspecified atom stereocenters. The highest BCUT2D eigenvalue weighted by Gasteiger charge is 2.52. The molecule has 5 aliphatic heterocycles. The van der Waals surface area contributed by atoms with Gasteiger partial charge in [-0.05, 0) is 77.3 Å². The summed E-state index contributed by atoms with van der Waals surface area (Å²) >= 11 is 0. The summed E-state index contributed by atoms with van der Waals surface area (Å²) in [6.07, 6.45) is -5.52. The molecular weight excluding hydrogens is 1220 g/mol. The molecule has 1 aromatic carbocycles. The molecule has 93 heavy (non-hydrogen) atoms. The molecule has 5 heterocycles. The van der Waals surface area contributed by atoms with Crippen LogP contribution >= 0.6 is 0 Å². The number of Topliss-reactive ketones (excluding diaryl/α,β-unsaturated/α-hetero) is 1. The van der Waals surface area contributed by atoms with Crippen molar-refractivity contribution in [1.82, 2.24) is 55.7 Å². The molecule has 4 fully saturated rings. The van der Waals surface area contributed by atoms with Crippen molar-refractivity contribution < 1.29 is 86.4 Å².